The van der Waals surface area contributed by atoms with E-state index >= 15 is 0 Å². The quantitative estimate of drug-likeness (QED) is 0.901. The summed E-state index contributed by atoms with van der Waals surface area (Å²) in [5.74, 6) is 0.0771. The lowest BCUT2D eigenvalue weighted by Crippen LogP contribution is -2.62. The van der Waals surface area contributed by atoms with Gasteiger partial charge in [0.05, 0.1) is 5.69 Å². The molecule has 0 bridgehead atoms. The standard InChI is InChI=1S/C14H20BrN3O/c1-9-4-5-12(11(15)6-9)18-10(2)8-17(3)13(7-16)14(18)19/h4-6,10,13H,7-8,16H2,1-3H3. The Hall–Kier alpha value is -0.910. The van der Waals surface area contributed by atoms with Crippen LogP contribution in [0.4, 0.5) is 5.69 Å². The molecule has 0 spiro atoms. The Morgan fingerprint density at radius 2 is 2.16 bits per heavy atom. The highest BCUT2D eigenvalue weighted by Crippen LogP contribution is 2.31. The first kappa shape index (κ1) is 14.5. The van der Waals surface area contributed by atoms with Crippen molar-refractivity contribution in [2.45, 2.75) is 25.9 Å². The first-order chi connectivity index (χ1) is 8.95. The summed E-state index contributed by atoms with van der Waals surface area (Å²) in [7, 11) is 1.95. The van der Waals surface area contributed by atoms with E-state index in [4.69, 9.17) is 5.73 Å². The molecule has 104 valence electrons. The molecule has 5 heteroatoms. The zero-order valence-electron chi connectivity index (χ0n) is 11.6. The van der Waals surface area contributed by atoms with Crippen LogP contribution >= 0.6 is 15.9 Å². The summed E-state index contributed by atoms with van der Waals surface area (Å²) in [5.41, 5.74) is 7.82. The summed E-state index contributed by atoms with van der Waals surface area (Å²) in [4.78, 5) is 16.5. The van der Waals surface area contributed by atoms with Gasteiger partial charge in [0.1, 0.15) is 6.04 Å². The number of hydrogen-bond acceptors (Lipinski definition) is 3. The summed E-state index contributed by atoms with van der Waals surface area (Å²) in [5, 5.41) is 0. The molecule has 1 saturated heterocycles. The number of piperazine rings is 1. The second kappa shape index (κ2) is 5.61. The van der Waals surface area contributed by atoms with Crippen LogP contribution in [0, 0.1) is 6.92 Å². The van der Waals surface area contributed by atoms with Gasteiger partial charge < -0.3 is 10.6 Å². The summed E-state index contributed by atoms with van der Waals surface area (Å²) < 4.78 is 0.952. The number of nitrogens with two attached hydrogens (primary N) is 1. The maximum Gasteiger partial charge on any atom is 0.245 e. The van der Waals surface area contributed by atoms with Gasteiger partial charge in [-0.25, -0.2) is 0 Å². The molecule has 1 aromatic carbocycles. The van der Waals surface area contributed by atoms with E-state index in [9.17, 15) is 4.79 Å². The minimum absolute atomic E-state index is 0.0771. The third-order valence-electron chi connectivity index (χ3n) is 3.63. The topological polar surface area (TPSA) is 49.6 Å². The normalized spacial score (nSPS) is 24.9. The number of carbonyl (C=O) groups excluding carboxylic acids is 1. The molecule has 19 heavy (non-hydrogen) atoms. The molecule has 4 nitrogen and oxygen atoms in total. The average molecular weight is 326 g/mol. The molecule has 2 unspecified atom stereocenters. The number of nitrogens with zero attached hydrogens (tertiary/aromatic N) is 2. The number of carbonyl (C=O) groups is 1. The van der Waals surface area contributed by atoms with Gasteiger partial charge in [-0.3, -0.25) is 9.69 Å². The summed E-state index contributed by atoms with van der Waals surface area (Å²) >= 11 is 3.56. The first-order valence-electron chi connectivity index (χ1n) is 6.45. The van der Waals surface area contributed by atoms with Gasteiger partial charge in [0.2, 0.25) is 5.91 Å². The van der Waals surface area contributed by atoms with Crippen molar-refractivity contribution in [3.8, 4) is 0 Å². The van der Waals surface area contributed by atoms with Crippen LogP contribution in [0.5, 0.6) is 0 Å². The minimum Gasteiger partial charge on any atom is -0.328 e. The Bertz CT molecular complexity index is 492. The second-order valence-electron chi connectivity index (χ2n) is 5.20. The van der Waals surface area contributed by atoms with Crippen LogP contribution in [0.2, 0.25) is 0 Å². The van der Waals surface area contributed by atoms with Gasteiger partial charge in [-0.2, -0.15) is 0 Å². The van der Waals surface area contributed by atoms with Gasteiger partial charge in [0.25, 0.3) is 0 Å². The number of hydrogen-bond donors (Lipinski definition) is 1. The van der Waals surface area contributed by atoms with Crippen molar-refractivity contribution < 1.29 is 4.79 Å². The molecular weight excluding hydrogens is 306 g/mol. The Labute approximate surface area is 122 Å². The molecule has 0 saturated carbocycles. The van der Waals surface area contributed by atoms with E-state index in [2.05, 4.69) is 22.9 Å². The summed E-state index contributed by atoms with van der Waals surface area (Å²) in [6.07, 6.45) is 0. The molecule has 2 atom stereocenters. The Morgan fingerprint density at radius 3 is 2.74 bits per heavy atom. The van der Waals surface area contributed by atoms with E-state index in [0.29, 0.717) is 6.54 Å². The fourth-order valence-electron chi connectivity index (χ4n) is 2.64. The zero-order chi connectivity index (χ0) is 14.2. The predicted octanol–water partition coefficient (Wildman–Crippen LogP) is 1.75. The van der Waals surface area contributed by atoms with Crippen LogP contribution in [-0.2, 0) is 4.79 Å². The highest BCUT2D eigenvalue weighted by Gasteiger charge is 2.37. The van der Waals surface area contributed by atoms with Gasteiger partial charge in [0, 0.05) is 23.6 Å². The maximum atomic E-state index is 12.6. The van der Waals surface area contributed by atoms with E-state index in [0.717, 1.165) is 16.7 Å². The van der Waals surface area contributed by atoms with Gasteiger partial charge in [-0.15, -0.1) is 0 Å². The third kappa shape index (κ3) is 2.68. The van der Waals surface area contributed by atoms with Crippen molar-refractivity contribution in [1.29, 1.82) is 0 Å². The fourth-order valence-corrected chi connectivity index (χ4v) is 3.32. The predicted molar refractivity (Wildman–Crippen MR) is 81.3 cm³/mol. The number of amides is 1. The molecule has 2 N–H and O–H groups in total. The highest BCUT2D eigenvalue weighted by molar-refractivity contribution is 9.10. The molecule has 1 aliphatic rings. The summed E-state index contributed by atoms with van der Waals surface area (Å²) in [6.45, 7) is 5.27. The second-order valence-corrected chi connectivity index (χ2v) is 6.06. The lowest BCUT2D eigenvalue weighted by atomic mass is 10.1. The number of rotatable bonds is 2. The number of benzene rings is 1. The van der Waals surface area contributed by atoms with Crippen LogP contribution < -0.4 is 10.6 Å². The van der Waals surface area contributed by atoms with E-state index in [1.807, 2.05) is 42.0 Å². The molecule has 1 amide bonds. The van der Waals surface area contributed by atoms with Gasteiger partial charge in [-0.1, -0.05) is 6.07 Å². The molecule has 2 rings (SSSR count). The van der Waals surface area contributed by atoms with Crippen LogP contribution in [-0.4, -0.2) is 43.0 Å². The van der Waals surface area contributed by atoms with Crippen LogP contribution in [0.3, 0.4) is 0 Å². The van der Waals surface area contributed by atoms with Crippen molar-refractivity contribution in [1.82, 2.24) is 4.90 Å². The van der Waals surface area contributed by atoms with Crippen LogP contribution in [0.1, 0.15) is 12.5 Å². The molecule has 1 aromatic rings. The van der Waals surface area contributed by atoms with E-state index in [1.165, 1.54) is 5.56 Å². The molecule has 0 radical (unpaired) electrons. The largest absolute Gasteiger partial charge is 0.328 e. The van der Waals surface area contributed by atoms with Crippen molar-refractivity contribution in [2.24, 2.45) is 5.73 Å². The highest BCUT2D eigenvalue weighted by atomic mass is 79.9. The Morgan fingerprint density at radius 1 is 1.47 bits per heavy atom. The smallest absolute Gasteiger partial charge is 0.245 e. The molecular formula is C14H20BrN3O. The Balaban J connectivity index is 2.39. The molecule has 0 aliphatic carbocycles. The van der Waals surface area contributed by atoms with Crippen molar-refractivity contribution >= 4 is 27.5 Å². The fraction of sp³-hybridized carbons (Fsp3) is 0.500. The summed E-state index contributed by atoms with van der Waals surface area (Å²) in [6, 6.07) is 5.96. The monoisotopic (exact) mass is 325 g/mol. The van der Waals surface area contributed by atoms with Crippen molar-refractivity contribution in [3.05, 3.63) is 28.2 Å². The molecule has 1 heterocycles. The van der Waals surface area contributed by atoms with Crippen LogP contribution in [0.15, 0.2) is 22.7 Å². The average Bonchev–Trinajstić information content (AvgIpc) is 2.31. The van der Waals surface area contributed by atoms with E-state index in [1.54, 1.807) is 0 Å². The lowest BCUT2D eigenvalue weighted by Gasteiger charge is -2.43. The third-order valence-corrected chi connectivity index (χ3v) is 4.27. The minimum atomic E-state index is -0.232. The number of likely N-dealkylation sites (N-methyl/N-ethyl adjacent to an activating group) is 1. The number of halogens is 1. The van der Waals surface area contributed by atoms with Crippen molar-refractivity contribution in [3.63, 3.8) is 0 Å². The molecule has 1 fully saturated rings. The van der Waals surface area contributed by atoms with Crippen LogP contribution in [0.25, 0.3) is 0 Å². The lowest BCUT2D eigenvalue weighted by molar-refractivity contribution is -0.125. The van der Waals surface area contributed by atoms with Gasteiger partial charge >= 0.3 is 0 Å². The zero-order valence-corrected chi connectivity index (χ0v) is 13.1. The number of aryl methyl sites for hydroxylation is 1. The van der Waals surface area contributed by atoms with Gasteiger partial charge in [-0.05, 0) is 54.5 Å². The molecule has 1 aliphatic heterocycles. The SMILES string of the molecule is Cc1ccc(N2C(=O)C(CN)N(C)CC2C)c(Br)c1. The molecule has 0 aromatic heterocycles. The van der Waals surface area contributed by atoms with E-state index in [-0.39, 0.29) is 18.0 Å². The first-order valence-corrected chi connectivity index (χ1v) is 7.24. The maximum absolute atomic E-state index is 12.6. The van der Waals surface area contributed by atoms with Gasteiger partial charge in [0.15, 0.2) is 0 Å². The van der Waals surface area contributed by atoms with E-state index < -0.39 is 0 Å². The van der Waals surface area contributed by atoms with Crippen molar-refractivity contribution in [2.75, 3.05) is 25.0 Å². The Kier molecular flexibility index (Phi) is 4.28. The number of anilines is 1.